The summed E-state index contributed by atoms with van der Waals surface area (Å²) >= 11 is 5.73. The molecule has 6 heteroatoms. The average molecular weight is 287 g/mol. The monoisotopic (exact) mass is 286 g/mol. The smallest absolute Gasteiger partial charge is 0.277 e. The number of hydrogen-bond donors (Lipinski definition) is 0. The molecule has 0 aromatic carbocycles. The summed E-state index contributed by atoms with van der Waals surface area (Å²) in [6, 6.07) is 2.51. The second kappa shape index (κ2) is 7.94. The minimum atomic E-state index is -0.508. The minimum Gasteiger partial charge on any atom is -0.474 e. The third kappa shape index (κ3) is 5.87. The van der Waals surface area contributed by atoms with Crippen LogP contribution in [0, 0.1) is 10.1 Å². The van der Waals surface area contributed by atoms with Crippen LogP contribution in [0.2, 0.25) is 5.15 Å². The molecule has 19 heavy (non-hydrogen) atoms. The zero-order chi connectivity index (χ0) is 14.3. The van der Waals surface area contributed by atoms with Gasteiger partial charge in [0.15, 0.2) is 0 Å². The van der Waals surface area contributed by atoms with Crippen molar-refractivity contribution in [1.29, 1.82) is 0 Å². The molecule has 0 aliphatic heterocycles. The molecule has 0 amide bonds. The van der Waals surface area contributed by atoms with Gasteiger partial charge >= 0.3 is 0 Å². The topological polar surface area (TPSA) is 65.3 Å². The maximum Gasteiger partial charge on any atom is 0.277 e. The van der Waals surface area contributed by atoms with E-state index in [1.807, 2.05) is 6.92 Å². The summed E-state index contributed by atoms with van der Waals surface area (Å²) < 4.78 is 5.57. The van der Waals surface area contributed by atoms with Crippen LogP contribution in [0.15, 0.2) is 12.1 Å². The molecule has 0 saturated carbocycles. The Kier molecular flexibility index (Phi) is 6.56. The quantitative estimate of drug-likeness (QED) is 0.308. The van der Waals surface area contributed by atoms with Crippen LogP contribution in [-0.4, -0.2) is 16.0 Å². The Morgan fingerprint density at radius 2 is 2.16 bits per heavy atom. The van der Waals surface area contributed by atoms with Gasteiger partial charge in [-0.25, -0.2) is 4.98 Å². The zero-order valence-corrected chi connectivity index (χ0v) is 12.0. The van der Waals surface area contributed by atoms with E-state index >= 15 is 0 Å². The SMILES string of the molecule is CCCCCCC(C)Oc1cc([N+](=O)[O-])cc(Cl)n1. The van der Waals surface area contributed by atoms with E-state index in [1.165, 1.54) is 31.4 Å². The van der Waals surface area contributed by atoms with Crippen LogP contribution in [-0.2, 0) is 0 Å². The van der Waals surface area contributed by atoms with Gasteiger partial charge in [0.25, 0.3) is 5.69 Å². The van der Waals surface area contributed by atoms with E-state index in [1.54, 1.807) is 0 Å². The van der Waals surface area contributed by atoms with Crippen LogP contribution in [0.3, 0.4) is 0 Å². The first-order valence-electron chi connectivity index (χ1n) is 6.51. The van der Waals surface area contributed by atoms with E-state index in [4.69, 9.17) is 16.3 Å². The summed E-state index contributed by atoms with van der Waals surface area (Å²) in [5.41, 5.74) is -0.104. The molecule has 106 valence electrons. The van der Waals surface area contributed by atoms with Crippen LogP contribution in [0.1, 0.15) is 46.0 Å². The van der Waals surface area contributed by atoms with Gasteiger partial charge in [-0.05, 0) is 19.8 Å². The third-order valence-electron chi connectivity index (χ3n) is 2.75. The Hall–Kier alpha value is -1.36. The van der Waals surface area contributed by atoms with E-state index in [-0.39, 0.29) is 22.8 Å². The van der Waals surface area contributed by atoms with Gasteiger partial charge in [-0.1, -0.05) is 37.8 Å². The molecule has 0 spiro atoms. The molecule has 1 aromatic heterocycles. The molecule has 1 atom stereocenters. The van der Waals surface area contributed by atoms with Crippen molar-refractivity contribution in [1.82, 2.24) is 4.98 Å². The van der Waals surface area contributed by atoms with Gasteiger partial charge < -0.3 is 4.74 Å². The number of halogens is 1. The fourth-order valence-corrected chi connectivity index (χ4v) is 1.94. The van der Waals surface area contributed by atoms with Crippen LogP contribution >= 0.6 is 11.6 Å². The Morgan fingerprint density at radius 1 is 1.42 bits per heavy atom. The first-order valence-corrected chi connectivity index (χ1v) is 6.89. The number of hydrogen-bond acceptors (Lipinski definition) is 4. The van der Waals surface area contributed by atoms with Crippen molar-refractivity contribution in [3.8, 4) is 5.88 Å². The molecule has 0 fully saturated rings. The lowest BCUT2D eigenvalue weighted by Crippen LogP contribution is -2.12. The summed E-state index contributed by atoms with van der Waals surface area (Å²) in [4.78, 5) is 14.1. The number of nitrogens with zero attached hydrogens (tertiary/aromatic N) is 2. The predicted octanol–water partition coefficient (Wildman–Crippen LogP) is 4.38. The molecule has 0 aliphatic carbocycles. The zero-order valence-electron chi connectivity index (χ0n) is 11.3. The molecule has 1 unspecified atom stereocenters. The molecule has 1 rings (SSSR count). The average Bonchev–Trinajstić information content (AvgIpc) is 2.34. The summed E-state index contributed by atoms with van der Waals surface area (Å²) in [7, 11) is 0. The highest BCUT2D eigenvalue weighted by Gasteiger charge is 2.13. The van der Waals surface area contributed by atoms with E-state index in [0.29, 0.717) is 0 Å². The summed E-state index contributed by atoms with van der Waals surface area (Å²) in [6.45, 7) is 4.09. The Morgan fingerprint density at radius 3 is 2.79 bits per heavy atom. The summed E-state index contributed by atoms with van der Waals surface area (Å²) in [5.74, 6) is 0.210. The third-order valence-corrected chi connectivity index (χ3v) is 2.95. The number of aromatic nitrogens is 1. The van der Waals surface area contributed by atoms with Crippen molar-refractivity contribution in [3.05, 3.63) is 27.4 Å². The van der Waals surface area contributed by atoms with E-state index in [0.717, 1.165) is 12.8 Å². The lowest BCUT2D eigenvalue weighted by molar-refractivity contribution is -0.385. The minimum absolute atomic E-state index is 0.0255. The first-order chi connectivity index (χ1) is 9.02. The Labute approximate surface area is 118 Å². The molecule has 1 aromatic rings. The van der Waals surface area contributed by atoms with Crippen molar-refractivity contribution in [3.63, 3.8) is 0 Å². The summed E-state index contributed by atoms with van der Waals surface area (Å²) in [6.07, 6.45) is 5.54. The summed E-state index contributed by atoms with van der Waals surface area (Å²) in [5, 5.41) is 10.8. The van der Waals surface area contributed by atoms with Crippen molar-refractivity contribution in [2.24, 2.45) is 0 Å². The Bertz CT molecular complexity index is 426. The second-order valence-electron chi connectivity index (χ2n) is 4.52. The lowest BCUT2D eigenvalue weighted by Gasteiger charge is -2.13. The molecule has 1 heterocycles. The highest BCUT2D eigenvalue weighted by Crippen LogP contribution is 2.23. The standard InChI is InChI=1S/C13H19ClN2O3/c1-3-4-5-6-7-10(2)19-13-9-11(16(17)18)8-12(14)15-13/h8-10H,3-7H2,1-2H3. The first kappa shape index (κ1) is 15.7. The normalized spacial score (nSPS) is 12.2. The fraction of sp³-hybridized carbons (Fsp3) is 0.615. The van der Waals surface area contributed by atoms with Gasteiger partial charge in [-0.15, -0.1) is 0 Å². The van der Waals surface area contributed by atoms with Gasteiger partial charge in [0.05, 0.1) is 23.2 Å². The molecule has 5 nitrogen and oxygen atoms in total. The van der Waals surface area contributed by atoms with Gasteiger partial charge in [0, 0.05) is 0 Å². The van der Waals surface area contributed by atoms with Crippen LogP contribution < -0.4 is 4.74 Å². The van der Waals surface area contributed by atoms with Crippen molar-refractivity contribution in [2.45, 2.75) is 52.1 Å². The van der Waals surface area contributed by atoms with Crippen molar-refractivity contribution in [2.75, 3.05) is 0 Å². The maximum atomic E-state index is 10.7. The van der Waals surface area contributed by atoms with Crippen LogP contribution in [0.5, 0.6) is 5.88 Å². The molecule has 0 saturated heterocycles. The largest absolute Gasteiger partial charge is 0.474 e. The lowest BCUT2D eigenvalue weighted by atomic mass is 10.1. The van der Waals surface area contributed by atoms with Gasteiger partial charge in [-0.2, -0.15) is 0 Å². The Balaban J connectivity index is 2.53. The molecule has 0 bridgehead atoms. The van der Waals surface area contributed by atoms with E-state index in [2.05, 4.69) is 11.9 Å². The highest BCUT2D eigenvalue weighted by molar-refractivity contribution is 6.29. The van der Waals surface area contributed by atoms with Gasteiger partial charge in [0.2, 0.25) is 5.88 Å². The number of ether oxygens (including phenoxy) is 1. The fourth-order valence-electron chi connectivity index (χ4n) is 1.75. The van der Waals surface area contributed by atoms with E-state index < -0.39 is 4.92 Å². The van der Waals surface area contributed by atoms with Crippen molar-refractivity contribution >= 4 is 17.3 Å². The molecular weight excluding hydrogens is 268 g/mol. The number of unbranched alkanes of at least 4 members (excludes halogenated alkanes) is 3. The molecule has 0 N–H and O–H groups in total. The van der Waals surface area contributed by atoms with Gasteiger partial charge in [-0.3, -0.25) is 10.1 Å². The second-order valence-corrected chi connectivity index (χ2v) is 4.91. The van der Waals surface area contributed by atoms with Crippen LogP contribution in [0.25, 0.3) is 0 Å². The van der Waals surface area contributed by atoms with Crippen molar-refractivity contribution < 1.29 is 9.66 Å². The molecule has 0 aliphatic rings. The highest BCUT2D eigenvalue weighted by atomic mass is 35.5. The maximum absolute atomic E-state index is 10.7. The number of rotatable bonds is 8. The van der Waals surface area contributed by atoms with Gasteiger partial charge in [0.1, 0.15) is 5.15 Å². The number of pyridine rings is 1. The van der Waals surface area contributed by atoms with E-state index in [9.17, 15) is 10.1 Å². The molecule has 0 radical (unpaired) electrons. The number of nitro groups is 1. The molecular formula is C13H19ClN2O3. The van der Waals surface area contributed by atoms with Crippen LogP contribution in [0.4, 0.5) is 5.69 Å². The predicted molar refractivity (Wildman–Crippen MR) is 74.8 cm³/mol.